The molecule has 28 nitrogen and oxygen atoms in total. The number of hydrogen-bond acceptors (Lipinski definition) is 26. The van der Waals surface area contributed by atoms with Gasteiger partial charge in [-0.15, -0.1) is 0 Å². The highest BCUT2D eigenvalue weighted by molar-refractivity contribution is 7.95. The normalized spacial score (nSPS) is 28.9. The first-order valence-electron chi connectivity index (χ1n) is 40.1. The molecule has 0 aromatic rings. The summed E-state index contributed by atoms with van der Waals surface area (Å²) in [4.78, 5) is 52.8. The second kappa shape index (κ2) is 36.0. The van der Waals surface area contributed by atoms with E-state index >= 15 is 0 Å². The van der Waals surface area contributed by atoms with Crippen LogP contribution in [0.2, 0.25) is 0 Å². The van der Waals surface area contributed by atoms with Gasteiger partial charge in [-0.2, -0.15) is 0 Å². The Morgan fingerprint density at radius 1 is 0.387 bits per heavy atom. The first-order valence-corrected chi connectivity index (χ1v) is 47.6. The molecule has 3 spiro atoms. The second-order valence-corrected chi connectivity index (χ2v) is 52.9. The third-order valence-electron chi connectivity index (χ3n) is 23.3. The Balaban J connectivity index is 0.000000264. The third-order valence-corrected chi connectivity index (χ3v) is 32.0. The molecule has 0 saturated carbocycles. The van der Waals surface area contributed by atoms with Gasteiger partial charge in [-0.25, -0.2) is 25.4 Å². The summed E-state index contributed by atoms with van der Waals surface area (Å²) in [6, 6.07) is 0. The van der Waals surface area contributed by atoms with E-state index in [9.17, 15) is 66.1 Å². The van der Waals surface area contributed by atoms with E-state index in [1.807, 2.05) is 25.7 Å². The Labute approximate surface area is 673 Å². The summed E-state index contributed by atoms with van der Waals surface area (Å²) in [5.41, 5.74) is -0.101. The lowest BCUT2D eigenvalue weighted by Crippen LogP contribution is -2.74. The average Bonchev–Trinajstić information content (AvgIpc) is 0.766. The van der Waals surface area contributed by atoms with Crippen molar-refractivity contribution in [2.75, 3.05) is 177 Å². The van der Waals surface area contributed by atoms with Crippen LogP contribution in [-0.2, 0) is 53.4 Å². The summed E-state index contributed by atoms with van der Waals surface area (Å²) < 4.78 is 75.2. The van der Waals surface area contributed by atoms with Crippen molar-refractivity contribution in [2.45, 2.75) is 293 Å². The summed E-state index contributed by atoms with van der Waals surface area (Å²) in [6.45, 7) is 75.3. The monoisotopic (exact) mass is 1660 g/mol. The fourth-order valence-corrected chi connectivity index (χ4v) is 23.3. The van der Waals surface area contributed by atoms with Gasteiger partial charge in [-0.3, -0.25) is 73.4 Å². The van der Waals surface area contributed by atoms with Gasteiger partial charge >= 0.3 is 0 Å². The SMILES string of the molecule is CC(C)(C)N1CC(=O)NC(=O)C1.CC(C)(C)N1CC(O)(C(C)(C)O)C1.CC(C)(C)N1CC(O)C(O)C1.CC(C)(C)N1CC(O)CC(O)C1.CC(C)(C)N1CC2(C1)CS(=N)(=O)C2.CC(C)(C)N1CC2(C1)CS(=O)(=O)C2.CC(C)(C)N1CCNC(=O)C1.CC(C)(C)N1CCS(=N)(=O)CC1.CN=S1(=O)CC2(CN(C(C)(C)C)C2)C1. The van der Waals surface area contributed by atoms with Gasteiger partial charge in [0.1, 0.15) is 5.60 Å². The molecule has 12 aliphatic heterocycles. The maximum absolute atomic E-state index is 11.8. The van der Waals surface area contributed by atoms with E-state index in [1.54, 1.807) is 20.9 Å². The Bertz CT molecular complexity index is 3410. The number of β-amino-alcohol motifs (C(OH)–C–C–N with tert-alkyl or cyclic N) is 5. The Morgan fingerprint density at radius 3 is 0.955 bits per heavy atom. The molecular formula is C79H160N14O14S4. The minimum atomic E-state index is -2.65. The van der Waals surface area contributed by atoms with E-state index in [2.05, 4.69) is 220 Å². The number of likely N-dealkylation sites (tertiary alicyclic amines) is 6. The Hall–Kier alpha value is -2.19. The molecule has 111 heavy (non-hydrogen) atoms. The van der Waals surface area contributed by atoms with Crippen LogP contribution in [0.4, 0.5) is 0 Å². The van der Waals surface area contributed by atoms with Crippen LogP contribution >= 0.6 is 0 Å². The fourth-order valence-electron chi connectivity index (χ4n) is 15.2. The number of carbonyl (C=O) groups excluding carboxylic acids is 3. The topological polar surface area (TPSA) is 371 Å². The molecule has 3 amide bonds. The molecule has 0 aromatic heterocycles. The number of carbonyl (C=O) groups is 3. The number of sulfone groups is 1. The Kier molecular flexibility index (Phi) is 32.8. The van der Waals surface area contributed by atoms with E-state index in [0.717, 1.165) is 77.0 Å². The summed E-state index contributed by atoms with van der Waals surface area (Å²) >= 11 is 0. The van der Waals surface area contributed by atoms with Gasteiger partial charge in [-0.1, -0.05) is 0 Å². The molecule has 32 heteroatoms. The minimum absolute atomic E-state index is 0.0440. The predicted octanol–water partition coefficient (Wildman–Crippen LogP) is 4.61. The van der Waals surface area contributed by atoms with Gasteiger partial charge in [0.25, 0.3) is 0 Å². The fraction of sp³-hybridized carbons (Fsp3) is 0.962. The number of amides is 3. The lowest BCUT2D eigenvalue weighted by atomic mass is 9.77. The van der Waals surface area contributed by atoms with Crippen molar-refractivity contribution < 1.29 is 66.1 Å². The van der Waals surface area contributed by atoms with Crippen molar-refractivity contribution in [1.29, 1.82) is 9.56 Å². The van der Waals surface area contributed by atoms with Crippen molar-refractivity contribution in [3.05, 3.63) is 0 Å². The molecule has 12 fully saturated rings. The van der Waals surface area contributed by atoms with E-state index < -0.39 is 62.4 Å². The lowest BCUT2D eigenvalue weighted by Gasteiger charge is -2.60. The van der Waals surface area contributed by atoms with Crippen LogP contribution in [0.1, 0.15) is 207 Å². The van der Waals surface area contributed by atoms with Gasteiger partial charge in [0.2, 0.25) is 17.7 Å². The smallest absolute Gasteiger partial charge is 0.240 e. The van der Waals surface area contributed by atoms with E-state index in [4.69, 9.17) is 9.56 Å². The summed E-state index contributed by atoms with van der Waals surface area (Å²) in [6.07, 6.45) is -1.34. The summed E-state index contributed by atoms with van der Waals surface area (Å²) in [7, 11) is -7.08. The number of aliphatic hydroxyl groups is 6. The van der Waals surface area contributed by atoms with Crippen molar-refractivity contribution >= 4 is 56.7 Å². The zero-order valence-corrected chi connectivity index (χ0v) is 77.9. The quantitative estimate of drug-likeness (QED) is 0.160. The van der Waals surface area contributed by atoms with Crippen LogP contribution in [-0.4, -0.2) is 376 Å². The van der Waals surface area contributed by atoms with Crippen molar-refractivity contribution in [2.24, 2.45) is 20.6 Å². The third kappa shape index (κ3) is 30.8. The number of rotatable bonds is 1. The van der Waals surface area contributed by atoms with Crippen LogP contribution in [0.3, 0.4) is 0 Å². The molecule has 0 aromatic carbocycles. The first kappa shape index (κ1) is 101. The highest BCUT2D eigenvalue weighted by Gasteiger charge is 2.59. The number of imide groups is 1. The molecular weight excluding hydrogens is 1500 g/mol. The Morgan fingerprint density at radius 2 is 0.685 bits per heavy atom. The van der Waals surface area contributed by atoms with Crippen molar-refractivity contribution in [3.8, 4) is 0 Å². The van der Waals surface area contributed by atoms with Crippen LogP contribution in [0.5, 0.6) is 0 Å². The molecule has 4 atom stereocenters. The highest BCUT2D eigenvalue weighted by atomic mass is 32.2. The number of piperidine rings is 1. The molecule has 4 unspecified atom stereocenters. The van der Waals surface area contributed by atoms with Crippen LogP contribution in [0.25, 0.3) is 0 Å². The maximum Gasteiger partial charge on any atom is 0.240 e. The second-order valence-electron chi connectivity index (χ2n) is 43.7. The molecule has 12 rings (SSSR count). The zero-order chi connectivity index (χ0) is 86.2. The predicted molar refractivity (Wildman–Crippen MR) is 451 cm³/mol. The van der Waals surface area contributed by atoms with Crippen LogP contribution < -0.4 is 10.6 Å². The van der Waals surface area contributed by atoms with Crippen LogP contribution in [0.15, 0.2) is 4.36 Å². The van der Waals surface area contributed by atoms with Gasteiger partial charge in [0.15, 0.2) is 9.84 Å². The van der Waals surface area contributed by atoms with E-state index in [-0.39, 0.29) is 90.6 Å². The minimum Gasteiger partial charge on any atom is -0.392 e. The summed E-state index contributed by atoms with van der Waals surface area (Å²) in [5.74, 6) is 4.63. The standard InChI is InChI=1S/C10H20N2OS.C10H21NO2.C9H18N2OS.C9H17NO2S.C9H19NO2.C8H14N2O2.C8H18N2OS.C8H16N2O.C8H17NO2/c1-9(2,3)12-5-10(6-12)7-14(13,8-10)11-4;1-8(2,3)11-6-10(13,7-11)9(4,5)12;1-8(2,3)11-4-9(5-11)6-13(10,12)7-9;1-8(2,3)10-4-9(5-10)6-13(11,12)7-9;1-9(2,3)10-5-7(11)4-8(12)6-10;1-8(2,3)10-4-6(11)9-7(12)5-10;1-8(2,3)10-4-6-12(9,11)7-5-10;1-8(2,3)10-5-4-9-7(11)6-10;1-8(2,3)9-4-6(10)7(11)5-9/h5-8H2,1-4H3;12-13H,6-7H2,1-5H3;10H,4-7H2,1-3H3;4-7H2,1-3H3;7-8,11-12H,4-6H2,1-3H3;4-5H2,1-3H3,(H,9,11,12);9H,4-7H2,1-3H3;4-6H2,1-3H3,(H,9,11);6-7,10-11H,4-5H2,1-3H3. The average molecular weight is 1660 g/mol. The van der Waals surface area contributed by atoms with E-state index in [1.165, 1.54) is 0 Å². The molecule has 12 aliphatic rings. The van der Waals surface area contributed by atoms with Gasteiger partial charge < -0.3 is 36.0 Å². The number of piperazine rings is 2. The molecule has 12 saturated heterocycles. The number of hydrogen-bond donors (Lipinski definition) is 10. The maximum atomic E-state index is 11.8. The summed E-state index contributed by atoms with van der Waals surface area (Å²) in [5, 5.41) is 62.1. The molecule has 0 aliphatic carbocycles. The van der Waals surface area contributed by atoms with Crippen molar-refractivity contribution in [3.63, 3.8) is 0 Å². The molecule has 0 bridgehead atoms. The molecule has 10 N–H and O–H groups in total. The molecule has 0 radical (unpaired) electrons. The van der Waals surface area contributed by atoms with E-state index in [0.29, 0.717) is 105 Å². The highest BCUT2D eigenvalue weighted by Crippen LogP contribution is 2.47. The largest absolute Gasteiger partial charge is 0.392 e. The van der Waals surface area contributed by atoms with Crippen molar-refractivity contribution in [1.82, 2.24) is 54.7 Å². The number of aliphatic hydroxyl groups excluding tert-OH is 4. The number of nitrogens with one attached hydrogen (secondary N) is 4. The van der Waals surface area contributed by atoms with Gasteiger partial charge in [-0.05, 0) is 201 Å². The lowest BCUT2D eigenvalue weighted by molar-refractivity contribution is -0.221. The zero-order valence-electron chi connectivity index (χ0n) is 74.7. The van der Waals surface area contributed by atoms with Gasteiger partial charge in [0, 0.05) is 248 Å². The van der Waals surface area contributed by atoms with Gasteiger partial charge in [0.05, 0.1) is 61.2 Å². The van der Waals surface area contributed by atoms with Crippen LogP contribution in [0, 0.1) is 25.8 Å². The molecule has 654 valence electrons. The molecule has 12 heterocycles. The first-order chi connectivity index (χ1) is 49.3. The number of nitrogens with zero attached hydrogens (tertiary/aromatic N) is 10.